The fraction of sp³-hybridized carbons (Fsp3) is 0.690. The van der Waals surface area contributed by atoms with Crippen molar-refractivity contribution in [2.75, 3.05) is 45.9 Å². The molecule has 408 valence electrons. The normalized spacial score (nSPS) is 37.2. The van der Waals surface area contributed by atoms with E-state index in [1.807, 2.05) is 88.4 Å². The van der Waals surface area contributed by atoms with E-state index in [0.29, 0.717) is 89.4 Å². The molecule has 1 aliphatic carbocycles. The Balaban J connectivity index is 1.52. The molecule has 3 fully saturated rings. The first-order valence-corrected chi connectivity index (χ1v) is 27.0. The Morgan fingerprint density at radius 2 is 1.60 bits per heavy atom. The minimum absolute atomic E-state index is 0.0234. The van der Waals surface area contributed by atoms with Crippen molar-refractivity contribution in [3.8, 4) is 0 Å². The quantitative estimate of drug-likeness (QED) is 0.104. The minimum atomic E-state index is -2.44. The third-order valence-electron chi connectivity index (χ3n) is 16.1. The summed E-state index contributed by atoms with van der Waals surface area (Å²) in [5.41, 5.74) is 9.15. The molecular formula is C58H89N3O12. The van der Waals surface area contributed by atoms with Gasteiger partial charge >= 0.3 is 5.97 Å². The Hall–Kier alpha value is -4.06. The van der Waals surface area contributed by atoms with E-state index in [-0.39, 0.29) is 48.6 Å². The number of ether oxygens (including phenoxy) is 5. The highest BCUT2D eigenvalue weighted by Gasteiger charge is 2.53. The molecule has 0 radical (unpaired) electrons. The lowest BCUT2D eigenvalue weighted by molar-refractivity contribution is -0.263. The molecule has 0 aromatic heterocycles. The highest BCUT2D eigenvalue weighted by atomic mass is 16.6. The molecule has 1 saturated carbocycles. The van der Waals surface area contributed by atoms with Crippen LogP contribution < -0.4 is 10.6 Å². The predicted molar refractivity (Wildman–Crippen MR) is 282 cm³/mol. The van der Waals surface area contributed by atoms with Crippen molar-refractivity contribution in [3.63, 3.8) is 0 Å². The Kier molecular flexibility index (Phi) is 23.5. The number of hydrogen-bond acceptors (Lipinski definition) is 14. The maximum Gasteiger partial charge on any atom is 0.329 e. The summed E-state index contributed by atoms with van der Waals surface area (Å²) < 4.78 is 29.7. The number of ketones is 2. The lowest BCUT2D eigenvalue weighted by atomic mass is 9.78. The molecule has 3 heterocycles. The number of methoxy groups -OCH3 is 3. The topological polar surface area (TPSA) is 208 Å². The van der Waals surface area contributed by atoms with Gasteiger partial charge in [-0.1, -0.05) is 87.9 Å². The van der Waals surface area contributed by atoms with Crippen LogP contribution >= 0.6 is 0 Å². The number of aliphatic hydroxyl groups excluding tert-OH is 2. The smallest absolute Gasteiger partial charge is 0.329 e. The van der Waals surface area contributed by atoms with Gasteiger partial charge in [0.25, 0.3) is 11.7 Å². The van der Waals surface area contributed by atoms with Gasteiger partial charge < -0.3 is 54.5 Å². The second kappa shape index (κ2) is 28.7. The van der Waals surface area contributed by atoms with Crippen LogP contribution in [0.2, 0.25) is 0 Å². The summed E-state index contributed by atoms with van der Waals surface area (Å²) in [6.07, 6.45) is 13.9. The van der Waals surface area contributed by atoms with Gasteiger partial charge in [0.15, 0.2) is 5.78 Å². The number of rotatable bonds is 10. The molecule has 15 heteroatoms. The van der Waals surface area contributed by atoms with Gasteiger partial charge in [0, 0.05) is 58.0 Å². The average Bonchev–Trinajstić information content (AvgIpc) is 3.38. The van der Waals surface area contributed by atoms with Crippen LogP contribution in [-0.2, 0) is 42.9 Å². The number of nitrogens with two attached hydrogens (primary N) is 1. The Bertz CT molecular complexity index is 2060. The van der Waals surface area contributed by atoms with E-state index in [1.54, 1.807) is 34.1 Å². The number of amides is 1. The molecule has 1 amide bonds. The zero-order valence-electron chi connectivity index (χ0n) is 45.2. The Morgan fingerprint density at radius 1 is 0.863 bits per heavy atom. The van der Waals surface area contributed by atoms with Crippen LogP contribution in [0.1, 0.15) is 125 Å². The maximum atomic E-state index is 14.6. The number of nitrogens with zero attached hydrogens (tertiary/aromatic N) is 2. The van der Waals surface area contributed by atoms with Crippen LogP contribution in [0, 0.1) is 29.6 Å². The molecule has 4 aliphatic rings. The van der Waals surface area contributed by atoms with E-state index < -0.39 is 77.9 Å². The van der Waals surface area contributed by atoms with Crippen molar-refractivity contribution < 1.29 is 58.2 Å². The summed E-state index contributed by atoms with van der Waals surface area (Å²) >= 11 is 0. The molecular weight excluding hydrogens is 931 g/mol. The van der Waals surface area contributed by atoms with Crippen LogP contribution in [0.25, 0.3) is 0 Å². The zero-order chi connectivity index (χ0) is 53.4. The van der Waals surface area contributed by atoms with Gasteiger partial charge in [-0.2, -0.15) is 0 Å². The van der Waals surface area contributed by atoms with Crippen LogP contribution in [0.15, 0.2) is 77.9 Å². The maximum absolute atomic E-state index is 14.6. The van der Waals surface area contributed by atoms with Gasteiger partial charge in [-0.05, 0) is 133 Å². The third kappa shape index (κ3) is 16.2. The number of benzene rings is 1. The van der Waals surface area contributed by atoms with Crippen molar-refractivity contribution >= 4 is 29.1 Å². The third-order valence-corrected chi connectivity index (χ3v) is 16.1. The van der Waals surface area contributed by atoms with Gasteiger partial charge in [-0.3, -0.25) is 14.4 Å². The van der Waals surface area contributed by atoms with E-state index in [9.17, 15) is 34.5 Å². The SMILES string of the molecule is COCCN(c1ccccc1)C1CC2CCC(C)C(O)(O2)C(=O)C(=O)N2CCCCC2C(=O)O[C@H]([C@H](C)CC2CC[C@@H](O)C(OC)C2)CC[C@H](N)/C=C(\C)C(O)[C@@H](OC)C(=O)C(C)C[C@H](C)/C=C/C=C/C=C/1C. The number of hydrogen-bond donors (Lipinski definition) is 4. The van der Waals surface area contributed by atoms with Crippen molar-refractivity contribution in [2.45, 2.75) is 186 Å². The zero-order valence-corrected chi connectivity index (χ0v) is 45.2. The minimum Gasteiger partial charge on any atom is -0.461 e. The molecule has 15 nitrogen and oxygen atoms in total. The van der Waals surface area contributed by atoms with E-state index in [4.69, 9.17) is 29.4 Å². The molecule has 5 N–H and O–H groups in total. The number of para-hydroxylation sites is 1. The highest BCUT2D eigenvalue weighted by molar-refractivity contribution is 6.39. The number of fused-ring (bicyclic) bond motifs is 3. The number of piperidine rings is 1. The number of esters is 1. The van der Waals surface area contributed by atoms with Crippen molar-refractivity contribution in [1.82, 2.24) is 4.90 Å². The second-order valence-corrected chi connectivity index (χ2v) is 21.7. The number of carbonyl (C=O) groups is 4. The standard InChI is InChI=1S/C58H89N3O12/c1-37-18-12-10-13-19-38(2)48(60(30-31-69-7)45-20-14-11-15-21-45)36-46-26-23-42(6)58(68,73-46)55(65)56(66)61-29-17-16-22-47(61)57(67)72-50(39(3)33-43-24-27-49(62)51(35-43)70-8)28-25-44(59)34-41(5)53(64)54(71-9)52(63)40(4)32-37/h10-15,18-21,34,37,39-40,42-44,46-51,53-54,62,64,68H,16-17,22-33,35-36,59H2,1-9H3/b13-10+,18-12+,38-19+,41-34+/t37-,39-,40?,42?,43?,44+,46?,47?,48?,49-,50+,51?,53?,54+,58?/m1/s1. The van der Waals surface area contributed by atoms with Crippen molar-refractivity contribution in [3.05, 3.63) is 77.9 Å². The van der Waals surface area contributed by atoms with Gasteiger partial charge in [0.05, 0.1) is 31.0 Å². The number of anilines is 1. The van der Waals surface area contributed by atoms with E-state index >= 15 is 0 Å². The largest absolute Gasteiger partial charge is 0.461 e. The van der Waals surface area contributed by atoms with Gasteiger partial charge in [0.1, 0.15) is 24.4 Å². The van der Waals surface area contributed by atoms with Crippen molar-refractivity contribution in [1.29, 1.82) is 0 Å². The molecule has 9 unspecified atom stereocenters. The number of Topliss-reactive ketones (excluding diaryl/α,β-unsaturated/α-hetero) is 2. The molecule has 2 saturated heterocycles. The molecule has 1 aromatic rings. The molecule has 5 rings (SSSR count). The summed E-state index contributed by atoms with van der Waals surface area (Å²) in [6.45, 7) is 12.5. The second-order valence-electron chi connectivity index (χ2n) is 21.7. The van der Waals surface area contributed by atoms with E-state index in [2.05, 4.69) is 4.90 Å². The highest BCUT2D eigenvalue weighted by Crippen LogP contribution is 2.39. The lowest BCUT2D eigenvalue weighted by Crippen LogP contribution is -2.61. The lowest BCUT2D eigenvalue weighted by Gasteiger charge is -2.44. The number of cyclic esters (lactones) is 1. The molecule has 0 spiro atoms. The molecule has 15 atom stereocenters. The molecule has 1 aromatic carbocycles. The van der Waals surface area contributed by atoms with Gasteiger partial charge in [-0.25, -0.2) is 4.79 Å². The van der Waals surface area contributed by atoms with Gasteiger partial charge in [-0.15, -0.1) is 0 Å². The number of allylic oxidation sites excluding steroid dienone is 5. The number of aliphatic hydroxyl groups is 3. The van der Waals surface area contributed by atoms with Crippen LogP contribution in [0.5, 0.6) is 0 Å². The Morgan fingerprint density at radius 3 is 2.30 bits per heavy atom. The van der Waals surface area contributed by atoms with E-state index in [0.717, 1.165) is 17.7 Å². The molecule has 73 heavy (non-hydrogen) atoms. The van der Waals surface area contributed by atoms with E-state index in [1.165, 1.54) is 12.0 Å². The van der Waals surface area contributed by atoms with Crippen molar-refractivity contribution in [2.24, 2.45) is 35.3 Å². The summed E-state index contributed by atoms with van der Waals surface area (Å²) in [5.74, 6) is -6.44. The van der Waals surface area contributed by atoms with Gasteiger partial charge in [0.2, 0.25) is 5.79 Å². The Labute approximate surface area is 435 Å². The monoisotopic (exact) mass is 1020 g/mol. The first-order chi connectivity index (χ1) is 34.8. The van der Waals surface area contributed by atoms with Crippen LogP contribution in [0.3, 0.4) is 0 Å². The first kappa shape index (κ1) is 59.8. The molecule has 3 aliphatic heterocycles. The fourth-order valence-electron chi connectivity index (χ4n) is 11.5. The van der Waals surface area contributed by atoms with Crippen LogP contribution in [0.4, 0.5) is 5.69 Å². The fourth-order valence-corrected chi connectivity index (χ4v) is 11.5. The van der Waals surface area contributed by atoms with Crippen LogP contribution in [-0.4, -0.2) is 145 Å². The predicted octanol–water partition coefficient (Wildman–Crippen LogP) is 7.20. The number of carbonyl (C=O) groups excluding carboxylic acids is 4. The summed E-state index contributed by atoms with van der Waals surface area (Å²) in [6, 6.07) is 8.03. The first-order valence-electron chi connectivity index (χ1n) is 27.0. The average molecular weight is 1020 g/mol. The summed E-state index contributed by atoms with van der Waals surface area (Å²) in [5, 5.41) is 34.4. The summed E-state index contributed by atoms with van der Waals surface area (Å²) in [4.78, 5) is 61.1. The summed E-state index contributed by atoms with van der Waals surface area (Å²) in [7, 11) is 4.67. The molecule has 2 bridgehead atoms.